The molecule has 0 spiro atoms. The number of carbonyl (C=O) groups excluding carboxylic acids is 1. The summed E-state index contributed by atoms with van der Waals surface area (Å²) in [5.41, 5.74) is 1.73. The van der Waals surface area contributed by atoms with E-state index in [0.717, 1.165) is 28.6 Å². The Labute approximate surface area is 132 Å². The van der Waals surface area contributed by atoms with Crippen molar-refractivity contribution in [3.05, 3.63) is 52.3 Å². The molecule has 0 bridgehead atoms. The van der Waals surface area contributed by atoms with Gasteiger partial charge in [0.1, 0.15) is 11.4 Å². The summed E-state index contributed by atoms with van der Waals surface area (Å²) >= 11 is 3.44. The second kappa shape index (κ2) is 5.93. The Kier molecular flexibility index (Phi) is 4.01. The summed E-state index contributed by atoms with van der Waals surface area (Å²) in [6.07, 6.45) is 4.28. The first-order valence-corrected chi connectivity index (χ1v) is 7.75. The van der Waals surface area contributed by atoms with Crippen molar-refractivity contribution in [2.45, 2.75) is 25.4 Å². The van der Waals surface area contributed by atoms with Crippen LogP contribution in [0.4, 0.5) is 0 Å². The fourth-order valence-electron chi connectivity index (χ4n) is 2.34. The molecule has 1 saturated carbocycles. The van der Waals surface area contributed by atoms with Crippen LogP contribution in [-0.2, 0) is 6.54 Å². The molecule has 1 heterocycles. The van der Waals surface area contributed by atoms with Gasteiger partial charge in [0, 0.05) is 23.3 Å². The summed E-state index contributed by atoms with van der Waals surface area (Å²) < 4.78 is 8.19. The molecule has 1 fully saturated rings. The van der Waals surface area contributed by atoms with Gasteiger partial charge in [-0.2, -0.15) is 0 Å². The smallest absolute Gasteiger partial charge is 0.268 e. The lowest BCUT2D eigenvalue weighted by Gasteiger charge is -2.09. The molecule has 0 radical (unpaired) electrons. The van der Waals surface area contributed by atoms with Gasteiger partial charge in [0.05, 0.1) is 7.11 Å². The number of rotatable bonds is 5. The summed E-state index contributed by atoms with van der Waals surface area (Å²) in [5.74, 6) is 0.751. The number of methoxy groups -OCH3 is 1. The van der Waals surface area contributed by atoms with Crippen molar-refractivity contribution in [2.75, 3.05) is 7.11 Å². The molecule has 1 N–H and O–H groups in total. The highest BCUT2D eigenvalue weighted by Gasteiger charge is 2.27. The predicted octanol–water partition coefficient (Wildman–Crippen LogP) is 3.52. The molecular formula is C16H17BrN2O2. The monoisotopic (exact) mass is 348 g/mol. The second-order valence-corrected chi connectivity index (χ2v) is 6.13. The van der Waals surface area contributed by atoms with Crippen LogP contribution < -0.4 is 10.1 Å². The van der Waals surface area contributed by atoms with Crippen molar-refractivity contribution in [3.8, 4) is 5.75 Å². The van der Waals surface area contributed by atoms with E-state index in [9.17, 15) is 4.79 Å². The van der Waals surface area contributed by atoms with Crippen LogP contribution in [0.2, 0.25) is 0 Å². The average molecular weight is 349 g/mol. The number of benzene rings is 1. The largest absolute Gasteiger partial charge is 0.497 e. The maximum atomic E-state index is 12.4. The fourth-order valence-corrected chi connectivity index (χ4v) is 2.78. The summed E-state index contributed by atoms with van der Waals surface area (Å²) in [6, 6.07) is 10.1. The third-order valence-electron chi connectivity index (χ3n) is 3.58. The van der Waals surface area contributed by atoms with Crippen molar-refractivity contribution in [1.82, 2.24) is 9.88 Å². The van der Waals surface area contributed by atoms with E-state index in [2.05, 4.69) is 25.8 Å². The molecule has 3 rings (SSSR count). The number of carbonyl (C=O) groups is 1. The topological polar surface area (TPSA) is 43.3 Å². The third-order valence-corrected chi connectivity index (χ3v) is 4.01. The number of nitrogens with one attached hydrogen (secondary N) is 1. The number of nitrogens with zero attached hydrogens (tertiary/aromatic N) is 1. The van der Waals surface area contributed by atoms with E-state index in [0.29, 0.717) is 18.3 Å². The number of hydrogen-bond acceptors (Lipinski definition) is 2. The van der Waals surface area contributed by atoms with Crippen LogP contribution in [0.15, 0.2) is 41.0 Å². The number of hydrogen-bond donors (Lipinski definition) is 1. The predicted molar refractivity (Wildman–Crippen MR) is 84.6 cm³/mol. The number of amides is 1. The lowest BCUT2D eigenvalue weighted by atomic mass is 10.2. The van der Waals surface area contributed by atoms with Gasteiger partial charge in [0.2, 0.25) is 0 Å². The van der Waals surface area contributed by atoms with E-state index in [1.165, 1.54) is 0 Å². The summed E-state index contributed by atoms with van der Waals surface area (Å²) in [7, 11) is 1.64. The summed E-state index contributed by atoms with van der Waals surface area (Å²) in [5, 5.41) is 2.97. The van der Waals surface area contributed by atoms with Crippen LogP contribution in [0.5, 0.6) is 5.75 Å². The molecule has 1 aromatic carbocycles. The summed E-state index contributed by atoms with van der Waals surface area (Å²) in [4.78, 5) is 12.4. The maximum absolute atomic E-state index is 12.4. The molecule has 1 aromatic heterocycles. The van der Waals surface area contributed by atoms with E-state index in [-0.39, 0.29) is 5.91 Å². The molecule has 2 aromatic rings. The van der Waals surface area contributed by atoms with Crippen LogP contribution in [0.3, 0.4) is 0 Å². The van der Waals surface area contributed by atoms with Crippen molar-refractivity contribution in [1.29, 1.82) is 0 Å². The second-order valence-electron chi connectivity index (χ2n) is 5.22. The first kappa shape index (κ1) is 14.2. The fraction of sp³-hybridized carbons (Fsp3) is 0.312. The highest BCUT2D eigenvalue weighted by Crippen LogP contribution is 2.37. The standard InChI is InChI=1S/C16H17BrN2O2/c1-21-14-4-2-3-11(7-14)9-18-16(20)15-8-12(17)10-19(15)13-5-6-13/h2-4,7-8,10,13H,5-6,9H2,1H3,(H,18,20). The minimum atomic E-state index is -0.0459. The van der Waals surface area contributed by atoms with E-state index in [1.807, 2.05) is 36.5 Å². The molecule has 0 saturated heterocycles. The lowest BCUT2D eigenvalue weighted by Crippen LogP contribution is -2.25. The molecule has 1 aliphatic rings. The number of aromatic nitrogens is 1. The van der Waals surface area contributed by atoms with Crippen LogP contribution >= 0.6 is 15.9 Å². The Hall–Kier alpha value is -1.75. The molecule has 0 aliphatic heterocycles. The Bertz CT molecular complexity index is 662. The molecule has 1 amide bonds. The molecule has 0 atom stereocenters. The van der Waals surface area contributed by atoms with Gasteiger partial charge in [-0.25, -0.2) is 0 Å². The van der Waals surface area contributed by atoms with Crippen LogP contribution in [0.25, 0.3) is 0 Å². The first-order valence-electron chi connectivity index (χ1n) is 6.96. The van der Waals surface area contributed by atoms with Gasteiger partial charge in [-0.05, 0) is 52.5 Å². The zero-order valence-electron chi connectivity index (χ0n) is 11.8. The van der Waals surface area contributed by atoms with Gasteiger partial charge in [0.25, 0.3) is 5.91 Å². The molecule has 5 heteroatoms. The van der Waals surface area contributed by atoms with E-state index in [4.69, 9.17) is 4.74 Å². The van der Waals surface area contributed by atoms with Gasteiger partial charge >= 0.3 is 0 Å². The van der Waals surface area contributed by atoms with Gasteiger partial charge in [-0.1, -0.05) is 12.1 Å². The highest BCUT2D eigenvalue weighted by molar-refractivity contribution is 9.10. The SMILES string of the molecule is COc1cccc(CNC(=O)c2cc(Br)cn2C2CC2)c1. The van der Waals surface area contributed by atoms with Crippen molar-refractivity contribution in [3.63, 3.8) is 0 Å². The zero-order valence-corrected chi connectivity index (χ0v) is 13.4. The van der Waals surface area contributed by atoms with E-state index >= 15 is 0 Å². The minimum Gasteiger partial charge on any atom is -0.497 e. The molecule has 110 valence electrons. The molecule has 21 heavy (non-hydrogen) atoms. The third kappa shape index (κ3) is 3.29. The lowest BCUT2D eigenvalue weighted by molar-refractivity contribution is 0.0941. The molecule has 0 unspecified atom stereocenters. The zero-order chi connectivity index (χ0) is 14.8. The van der Waals surface area contributed by atoms with Crippen molar-refractivity contribution in [2.24, 2.45) is 0 Å². The normalized spacial score (nSPS) is 14.0. The molecular weight excluding hydrogens is 332 g/mol. The van der Waals surface area contributed by atoms with Crippen LogP contribution in [-0.4, -0.2) is 17.6 Å². The Morgan fingerprint density at radius 3 is 2.95 bits per heavy atom. The Morgan fingerprint density at radius 1 is 1.43 bits per heavy atom. The Morgan fingerprint density at radius 2 is 2.24 bits per heavy atom. The number of ether oxygens (including phenoxy) is 1. The van der Waals surface area contributed by atoms with Gasteiger partial charge in [-0.3, -0.25) is 4.79 Å². The van der Waals surface area contributed by atoms with Gasteiger partial charge in [0.15, 0.2) is 0 Å². The van der Waals surface area contributed by atoms with Crippen molar-refractivity contribution >= 4 is 21.8 Å². The van der Waals surface area contributed by atoms with Crippen LogP contribution in [0.1, 0.15) is 34.9 Å². The molecule has 1 aliphatic carbocycles. The Balaban J connectivity index is 1.69. The first-order chi connectivity index (χ1) is 10.2. The average Bonchev–Trinajstić information content (AvgIpc) is 3.27. The van der Waals surface area contributed by atoms with Gasteiger partial charge < -0.3 is 14.6 Å². The quantitative estimate of drug-likeness (QED) is 0.898. The highest BCUT2D eigenvalue weighted by atomic mass is 79.9. The maximum Gasteiger partial charge on any atom is 0.268 e. The molecule has 4 nitrogen and oxygen atoms in total. The van der Waals surface area contributed by atoms with Crippen molar-refractivity contribution < 1.29 is 9.53 Å². The van der Waals surface area contributed by atoms with E-state index < -0.39 is 0 Å². The minimum absolute atomic E-state index is 0.0459. The van der Waals surface area contributed by atoms with Crippen LogP contribution in [0, 0.1) is 0 Å². The number of halogens is 1. The van der Waals surface area contributed by atoms with E-state index in [1.54, 1.807) is 7.11 Å². The van der Waals surface area contributed by atoms with Gasteiger partial charge in [-0.15, -0.1) is 0 Å². The summed E-state index contributed by atoms with van der Waals surface area (Å²) in [6.45, 7) is 0.490.